The molecular weight excluding hydrogens is 418 g/mol. The summed E-state index contributed by atoms with van der Waals surface area (Å²) < 4.78 is 7.69. The molecule has 6 heteroatoms. The van der Waals surface area contributed by atoms with E-state index in [4.69, 9.17) is 4.74 Å². The molecule has 4 aromatic rings. The molecule has 1 aromatic heterocycles. The first kappa shape index (κ1) is 21.7. The van der Waals surface area contributed by atoms with E-state index in [9.17, 15) is 4.79 Å². The van der Waals surface area contributed by atoms with E-state index in [2.05, 4.69) is 29.4 Å². The average molecular weight is 444 g/mol. The molecular formula is C26H25N3O2S. The van der Waals surface area contributed by atoms with Crippen molar-refractivity contribution >= 4 is 23.4 Å². The maximum absolute atomic E-state index is 13.5. The van der Waals surface area contributed by atoms with Gasteiger partial charge in [0.05, 0.1) is 12.3 Å². The largest absolute Gasteiger partial charge is 0.492 e. The highest BCUT2D eigenvalue weighted by Crippen LogP contribution is 2.37. The van der Waals surface area contributed by atoms with Crippen LogP contribution in [0.4, 0.5) is 5.69 Å². The Morgan fingerprint density at radius 2 is 1.84 bits per heavy atom. The number of nitrogens with zero attached hydrogens (tertiary/aromatic N) is 2. The summed E-state index contributed by atoms with van der Waals surface area (Å²) in [5.41, 5.74) is 3.74. The average Bonchev–Trinajstić information content (AvgIpc) is 3.28. The minimum atomic E-state index is -0.489. The van der Waals surface area contributed by atoms with Crippen LogP contribution >= 0.6 is 11.8 Å². The van der Waals surface area contributed by atoms with Gasteiger partial charge < -0.3 is 10.1 Å². The second-order valence-electron chi connectivity index (χ2n) is 7.25. The molecule has 5 nitrogen and oxygen atoms in total. The molecule has 0 radical (unpaired) electrons. The molecule has 1 heterocycles. The van der Waals surface area contributed by atoms with Gasteiger partial charge in [-0.05, 0) is 49.2 Å². The number of nitrogens with one attached hydrogen (secondary N) is 1. The van der Waals surface area contributed by atoms with Gasteiger partial charge in [0.25, 0.3) is 0 Å². The maximum atomic E-state index is 13.5. The number of carbonyl (C=O) groups excluding carboxylic acids is 1. The normalized spacial score (nSPS) is 11.7. The van der Waals surface area contributed by atoms with Crippen molar-refractivity contribution in [2.75, 3.05) is 11.9 Å². The number of aryl methyl sites for hydroxylation is 1. The van der Waals surface area contributed by atoms with Gasteiger partial charge in [0, 0.05) is 18.1 Å². The van der Waals surface area contributed by atoms with Crippen LogP contribution in [0.2, 0.25) is 0 Å². The van der Waals surface area contributed by atoms with E-state index in [1.54, 1.807) is 6.20 Å². The van der Waals surface area contributed by atoms with Crippen LogP contribution in [0.5, 0.6) is 5.75 Å². The summed E-state index contributed by atoms with van der Waals surface area (Å²) in [7, 11) is 0. The van der Waals surface area contributed by atoms with Crippen molar-refractivity contribution in [1.29, 1.82) is 0 Å². The first-order valence-corrected chi connectivity index (χ1v) is 11.4. The summed E-state index contributed by atoms with van der Waals surface area (Å²) in [4.78, 5) is 18.0. The Balaban J connectivity index is 1.65. The van der Waals surface area contributed by atoms with E-state index >= 15 is 0 Å². The number of hydrogen-bond acceptors (Lipinski definition) is 4. The summed E-state index contributed by atoms with van der Waals surface area (Å²) in [6.07, 6.45) is 3.68. The molecule has 32 heavy (non-hydrogen) atoms. The molecule has 1 atom stereocenters. The van der Waals surface area contributed by atoms with E-state index in [-0.39, 0.29) is 5.91 Å². The van der Waals surface area contributed by atoms with Crippen molar-refractivity contribution in [3.8, 4) is 11.4 Å². The lowest BCUT2D eigenvalue weighted by Crippen LogP contribution is -2.20. The number of carbonyl (C=O) groups is 1. The standard InChI is InChI=1S/C26H25N3O2S/c1-3-31-23-15-8-7-14-22(23)28-25(30)24(20-11-5-4-6-12-20)32-26-27-16-17-29(26)21-13-9-10-19(2)18-21/h4-18,24H,3H2,1-2H3,(H,28,30). The molecule has 1 amide bonds. The van der Waals surface area contributed by atoms with Gasteiger partial charge in [0.1, 0.15) is 11.0 Å². The van der Waals surface area contributed by atoms with Gasteiger partial charge in [-0.1, -0.05) is 66.4 Å². The number of benzene rings is 3. The summed E-state index contributed by atoms with van der Waals surface area (Å²) >= 11 is 1.42. The van der Waals surface area contributed by atoms with Gasteiger partial charge in [-0.3, -0.25) is 9.36 Å². The zero-order valence-electron chi connectivity index (χ0n) is 18.1. The minimum absolute atomic E-state index is 0.132. The zero-order chi connectivity index (χ0) is 22.3. The Morgan fingerprint density at radius 1 is 1.06 bits per heavy atom. The van der Waals surface area contributed by atoms with Crippen molar-refractivity contribution in [3.63, 3.8) is 0 Å². The molecule has 0 bridgehead atoms. The number of ether oxygens (including phenoxy) is 1. The number of rotatable bonds is 8. The fourth-order valence-electron chi connectivity index (χ4n) is 3.41. The molecule has 4 rings (SSSR count). The third kappa shape index (κ3) is 5.03. The van der Waals surface area contributed by atoms with Crippen LogP contribution in [0.25, 0.3) is 5.69 Å². The van der Waals surface area contributed by atoms with Crippen LogP contribution in [-0.2, 0) is 4.79 Å². The number of imidazole rings is 1. The molecule has 0 spiro atoms. The van der Waals surface area contributed by atoms with E-state index < -0.39 is 5.25 Å². The van der Waals surface area contributed by atoms with Crippen LogP contribution < -0.4 is 10.1 Å². The van der Waals surface area contributed by atoms with Crippen LogP contribution in [0, 0.1) is 6.92 Å². The van der Waals surface area contributed by atoms with Crippen molar-refractivity contribution < 1.29 is 9.53 Å². The Labute approximate surface area is 192 Å². The first-order valence-electron chi connectivity index (χ1n) is 10.5. The van der Waals surface area contributed by atoms with Gasteiger partial charge in [-0.2, -0.15) is 0 Å². The predicted octanol–water partition coefficient (Wildman–Crippen LogP) is 6.05. The van der Waals surface area contributed by atoms with Crippen LogP contribution in [0.3, 0.4) is 0 Å². The smallest absolute Gasteiger partial charge is 0.242 e. The molecule has 0 aliphatic heterocycles. The van der Waals surface area contributed by atoms with E-state index in [0.29, 0.717) is 18.0 Å². The fourth-order valence-corrected chi connectivity index (χ4v) is 4.48. The third-order valence-corrected chi connectivity index (χ3v) is 6.13. The van der Waals surface area contributed by atoms with Gasteiger partial charge in [-0.25, -0.2) is 4.98 Å². The third-order valence-electron chi connectivity index (χ3n) is 4.90. The number of hydrogen-bond donors (Lipinski definition) is 1. The molecule has 3 aromatic carbocycles. The highest BCUT2D eigenvalue weighted by Gasteiger charge is 2.25. The first-order chi connectivity index (χ1) is 15.7. The summed E-state index contributed by atoms with van der Waals surface area (Å²) in [5, 5.41) is 3.31. The molecule has 0 aliphatic rings. The molecule has 0 fully saturated rings. The van der Waals surface area contributed by atoms with Crippen LogP contribution in [-0.4, -0.2) is 22.1 Å². The van der Waals surface area contributed by atoms with Gasteiger partial charge >= 0.3 is 0 Å². The predicted molar refractivity (Wildman–Crippen MR) is 130 cm³/mol. The molecule has 0 saturated heterocycles. The van der Waals surface area contributed by atoms with Crippen molar-refractivity contribution in [1.82, 2.24) is 9.55 Å². The number of anilines is 1. The van der Waals surface area contributed by atoms with Gasteiger partial charge in [-0.15, -0.1) is 0 Å². The van der Waals surface area contributed by atoms with Crippen molar-refractivity contribution in [2.24, 2.45) is 0 Å². The summed E-state index contributed by atoms with van der Waals surface area (Å²) in [6.45, 7) is 4.51. The Kier molecular flexibility index (Phi) is 6.92. The monoisotopic (exact) mass is 443 g/mol. The Morgan fingerprint density at radius 3 is 2.62 bits per heavy atom. The maximum Gasteiger partial charge on any atom is 0.242 e. The summed E-state index contributed by atoms with van der Waals surface area (Å²) in [5.74, 6) is 0.522. The van der Waals surface area contributed by atoms with Crippen LogP contribution in [0.1, 0.15) is 23.3 Å². The molecule has 162 valence electrons. The fraction of sp³-hybridized carbons (Fsp3) is 0.154. The van der Waals surface area contributed by atoms with Gasteiger partial charge in [0.2, 0.25) is 5.91 Å². The quantitative estimate of drug-likeness (QED) is 0.337. The zero-order valence-corrected chi connectivity index (χ0v) is 18.9. The van der Waals surface area contributed by atoms with Gasteiger partial charge in [0.15, 0.2) is 5.16 Å². The molecule has 1 N–H and O–H groups in total. The topological polar surface area (TPSA) is 56.1 Å². The van der Waals surface area contributed by atoms with E-state index in [1.807, 2.05) is 84.4 Å². The molecule has 0 aliphatic carbocycles. The second kappa shape index (κ2) is 10.2. The Hall–Kier alpha value is -3.51. The molecule has 0 saturated carbocycles. The van der Waals surface area contributed by atoms with E-state index in [0.717, 1.165) is 22.0 Å². The SMILES string of the molecule is CCOc1ccccc1NC(=O)C(Sc1nccn1-c1cccc(C)c1)c1ccccc1. The minimum Gasteiger partial charge on any atom is -0.492 e. The lowest BCUT2D eigenvalue weighted by Gasteiger charge is -2.19. The second-order valence-corrected chi connectivity index (χ2v) is 8.32. The van der Waals surface area contributed by atoms with Crippen LogP contribution in [0.15, 0.2) is 96.4 Å². The number of para-hydroxylation sites is 2. The Bertz CT molecular complexity index is 1190. The molecule has 1 unspecified atom stereocenters. The number of thioether (sulfide) groups is 1. The van der Waals surface area contributed by atoms with E-state index in [1.165, 1.54) is 11.8 Å². The lowest BCUT2D eigenvalue weighted by molar-refractivity contribution is -0.115. The number of amides is 1. The lowest BCUT2D eigenvalue weighted by atomic mass is 10.1. The van der Waals surface area contributed by atoms with Crippen molar-refractivity contribution in [3.05, 3.63) is 102 Å². The van der Waals surface area contributed by atoms with Crippen molar-refractivity contribution in [2.45, 2.75) is 24.3 Å². The highest BCUT2D eigenvalue weighted by atomic mass is 32.2. The summed E-state index contributed by atoms with van der Waals surface area (Å²) in [6, 6.07) is 25.4. The number of aromatic nitrogens is 2. The highest BCUT2D eigenvalue weighted by molar-refractivity contribution is 8.00.